The van der Waals surface area contributed by atoms with Gasteiger partial charge in [0.2, 0.25) is 0 Å². The zero-order valence-electron chi connectivity index (χ0n) is 22.8. The van der Waals surface area contributed by atoms with E-state index in [-0.39, 0.29) is 28.9 Å². The highest BCUT2D eigenvalue weighted by Crippen LogP contribution is 2.41. The average Bonchev–Trinajstić information content (AvgIpc) is 3.58. The van der Waals surface area contributed by atoms with E-state index in [0.717, 1.165) is 6.54 Å². The van der Waals surface area contributed by atoms with E-state index < -0.39 is 29.6 Å². The molecule has 3 heterocycles. The van der Waals surface area contributed by atoms with Crippen molar-refractivity contribution in [2.75, 3.05) is 39.6 Å². The van der Waals surface area contributed by atoms with Gasteiger partial charge in [-0.1, -0.05) is 0 Å². The standard InChI is InChI=1S/C28H26F4N6O4/c1-37-9-8-17(14-37)38(2)26(39)18-5-7-20(25(41-3)24(18)42-27(40)28(30,31)32)35-23-13-33-12-22(36-23)21-11-15-10-16(29)4-6-19(15)34-21/h4-7,10-13,17,34H,8-9,14H2,1-3H3,(H,35,36). The summed E-state index contributed by atoms with van der Waals surface area (Å²) >= 11 is 0. The molecule has 2 aromatic heterocycles. The molecule has 1 saturated heterocycles. The van der Waals surface area contributed by atoms with Crippen LogP contribution in [0.25, 0.3) is 22.3 Å². The van der Waals surface area contributed by atoms with Crippen LogP contribution in [0.15, 0.2) is 48.8 Å². The number of benzene rings is 2. The van der Waals surface area contributed by atoms with Crippen molar-refractivity contribution in [1.29, 1.82) is 0 Å². The van der Waals surface area contributed by atoms with Crippen LogP contribution in [0.4, 0.5) is 29.1 Å². The predicted octanol–water partition coefficient (Wildman–Crippen LogP) is 4.76. The molecule has 1 amide bonds. The number of H-pyrrole nitrogens is 1. The molecule has 220 valence electrons. The molecule has 0 saturated carbocycles. The molecule has 0 spiro atoms. The Morgan fingerprint density at radius 1 is 1.14 bits per heavy atom. The Morgan fingerprint density at radius 2 is 1.93 bits per heavy atom. The van der Waals surface area contributed by atoms with Crippen molar-refractivity contribution in [2.45, 2.75) is 18.6 Å². The maximum atomic E-state index is 13.6. The van der Waals surface area contributed by atoms with Crippen molar-refractivity contribution in [3.63, 3.8) is 0 Å². The Labute approximate surface area is 237 Å². The predicted molar refractivity (Wildman–Crippen MR) is 145 cm³/mol. The van der Waals surface area contributed by atoms with Gasteiger partial charge >= 0.3 is 12.1 Å². The molecule has 2 N–H and O–H groups in total. The normalized spacial score (nSPS) is 15.5. The van der Waals surface area contributed by atoms with E-state index >= 15 is 0 Å². The van der Waals surface area contributed by atoms with Crippen LogP contribution >= 0.6 is 0 Å². The number of likely N-dealkylation sites (N-methyl/N-ethyl adjacent to an activating group) is 2. The van der Waals surface area contributed by atoms with Crippen LogP contribution in [0, 0.1) is 5.82 Å². The molecule has 1 fully saturated rings. The topological polar surface area (TPSA) is 113 Å². The number of carbonyl (C=O) groups is 2. The number of nitrogens with one attached hydrogen (secondary N) is 2. The van der Waals surface area contributed by atoms with Gasteiger partial charge in [0.25, 0.3) is 5.91 Å². The third-order valence-corrected chi connectivity index (χ3v) is 6.96. The van der Waals surface area contributed by atoms with Gasteiger partial charge in [-0.05, 0) is 56.4 Å². The van der Waals surface area contributed by atoms with E-state index in [1.54, 1.807) is 19.2 Å². The van der Waals surface area contributed by atoms with Crippen molar-refractivity contribution in [1.82, 2.24) is 24.8 Å². The Hall–Kier alpha value is -4.72. The number of anilines is 2. The molecule has 5 rings (SSSR count). The van der Waals surface area contributed by atoms with Crippen molar-refractivity contribution < 1.29 is 36.6 Å². The van der Waals surface area contributed by atoms with E-state index in [1.165, 1.54) is 48.7 Å². The molecule has 1 aliphatic rings. The molecule has 1 unspecified atom stereocenters. The number of carbonyl (C=O) groups excluding carboxylic acids is 2. The highest BCUT2D eigenvalue weighted by Gasteiger charge is 2.43. The second-order valence-electron chi connectivity index (χ2n) is 9.86. The van der Waals surface area contributed by atoms with Crippen LogP contribution in [0.2, 0.25) is 0 Å². The van der Waals surface area contributed by atoms with Crippen LogP contribution in [-0.2, 0) is 4.79 Å². The molecule has 1 aliphatic heterocycles. The third kappa shape index (κ3) is 5.84. The quantitative estimate of drug-likeness (QED) is 0.181. The summed E-state index contributed by atoms with van der Waals surface area (Å²) in [6, 6.07) is 8.45. The Bertz CT molecular complexity index is 1660. The zero-order valence-corrected chi connectivity index (χ0v) is 22.8. The summed E-state index contributed by atoms with van der Waals surface area (Å²) < 4.78 is 63.4. The summed E-state index contributed by atoms with van der Waals surface area (Å²) in [6.45, 7) is 1.33. The maximum absolute atomic E-state index is 13.6. The summed E-state index contributed by atoms with van der Waals surface area (Å²) in [5, 5.41) is 3.53. The number of halogens is 4. The molecule has 2 aromatic carbocycles. The lowest BCUT2D eigenvalue weighted by Gasteiger charge is -2.26. The number of rotatable bonds is 7. The first-order chi connectivity index (χ1) is 19.9. The SMILES string of the molecule is COc1c(Nc2cncc(-c3cc4cc(F)ccc4[nH]3)n2)ccc(C(=O)N(C)C2CCN(C)C2)c1OC(=O)C(F)(F)F. The van der Waals surface area contributed by atoms with Crippen LogP contribution in [0.3, 0.4) is 0 Å². The van der Waals surface area contributed by atoms with Gasteiger partial charge in [-0.15, -0.1) is 0 Å². The molecule has 10 nitrogen and oxygen atoms in total. The Balaban J connectivity index is 1.50. The van der Waals surface area contributed by atoms with E-state index in [9.17, 15) is 27.2 Å². The minimum atomic E-state index is -5.32. The van der Waals surface area contributed by atoms with Gasteiger partial charge in [0.15, 0.2) is 11.5 Å². The van der Waals surface area contributed by atoms with Gasteiger partial charge in [0, 0.05) is 30.5 Å². The number of hydrogen-bond donors (Lipinski definition) is 2. The van der Waals surface area contributed by atoms with E-state index in [4.69, 9.17) is 9.47 Å². The van der Waals surface area contributed by atoms with Crippen molar-refractivity contribution in [3.8, 4) is 22.9 Å². The lowest BCUT2D eigenvalue weighted by molar-refractivity contribution is -0.189. The highest BCUT2D eigenvalue weighted by molar-refractivity contribution is 6.00. The van der Waals surface area contributed by atoms with Gasteiger partial charge in [0.1, 0.15) is 17.3 Å². The monoisotopic (exact) mass is 586 g/mol. The fraction of sp³-hybridized carbons (Fsp3) is 0.286. The number of ether oxygens (including phenoxy) is 2. The van der Waals surface area contributed by atoms with Crippen molar-refractivity contribution >= 4 is 34.3 Å². The lowest BCUT2D eigenvalue weighted by atomic mass is 10.1. The molecule has 4 aromatic rings. The van der Waals surface area contributed by atoms with E-state index in [0.29, 0.717) is 35.3 Å². The minimum Gasteiger partial charge on any atom is -0.491 e. The Morgan fingerprint density at radius 3 is 2.62 bits per heavy atom. The average molecular weight is 587 g/mol. The number of esters is 1. The number of likely N-dealkylation sites (tertiary alicyclic amines) is 1. The summed E-state index contributed by atoms with van der Waals surface area (Å²) in [5.74, 6) is -4.38. The highest BCUT2D eigenvalue weighted by atomic mass is 19.4. The number of amides is 1. The first kappa shape index (κ1) is 28.8. The van der Waals surface area contributed by atoms with Gasteiger partial charge in [0.05, 0.1) is 36.4 Å². The zero-order chi connectivity index (χ0) is 30.2. The fourth-order valence-electron chi connectivity index (χ4n) is 4.80. The van der Waals surface area contributed by atoms with Crippen LogP contribution < -0.4 is 14.8 Å². The summed E-state index contributed by atoms with van der Waals surface area (Å²) in [5.41, 5.74) is 1.39. The first-order valence-electron chi connectivity index (χ1n) is 12.8. The summed E-state index contributed by atoms with van der Waals surface area (Å²) in [6.07, 6.45) is -1.82. The molecule has 0 aliphatic carbocycles. The smallest absolute Gasteiger partial charge is 0.491 e. The number of hydrogen-bond acceptors (Lipinski definition) is 8. The summed E-state index contributed by atoms with van der Waals surface area (Å²) in [4.78, 5) is 40.6. The van der Waals surface area contributed by atoms with Crippen LogP contribution in [0.1, 0.15) is 16.8 Å². The number of methoxy groups -OCH3 is 1. The summed E-state index contributed by atoms with van der Waals surface area (Å²) in [7, 11) is 4.61. The molecule has 0 radical (unpaired) electrons. The molecule has 1 atom stereocenters. The minimum absolute atomic E-state index is 0.0624. The maximum Gasteiger partial charge on any atom is 0.491 e. The third-order valence-electron chi connectivity index (χ3n) is 6.96. The molecule has 42 heavy (non-hydrogen) atoms. The largest absolute Gasteiger partial charge is 0.491 e. The number of fused-ring (bicyclic) bond motifs is 1. The van der Waals surface area contributed by atoms with E-state index in [1.807, 2.05) is 11.9 Å². The molecular weight excluding hydrogens is 560 g/mol. The first-order valence-corrected chi connectivity index (χ1v) is 12.8. The van der Waals surface area contributed by atoms with Gasteiger partial charge in [-0.3, -0.25) is 9.78 Å². The van der Waals surface area contributed by atoms with Gasteiger partial charge < -0.3 is 29.6 Å². The van der Waals surface area contributed by atoms with Crippen LogP contribution in [-0.4, -0.2) is 83.1 Å². The second-order valence-corrected chi connectivity index (χ2v) is 9.86. The Kier molecular flexibility index (Phi) is 7.73. The number of aromatic amines is 1. The molecular formula is C28H26F4N6O4. The fourth-order valence-corrected chi connectivity index (χ4v) is 4.80. The van der Waals surface area contributed by atoms with Crippen molar-refractivity contribution in [2.24, 2.45) is 0 Å². The molecule has 0 bridgehead atoms. The number of nitrogens with zero attached hydrogens (tertiary/aromatic N) is 4. The lowest BCUT2D eigenvalue weighted by Crippen LogP contribution is -2.39. The van der Waals surface area contributed by atoms with Crippen LogP contribution in [0.5, 0.6) is 11.5 Å². The van der Waals surface area contributed by atoms with Gasteiger partial charge in [-0.25, -0.2) is 14.2 Å². The molecule has 14 heteroatoms. The van der Waals surface area contributed by atoms with E-state index in [2.05, 4.69) is 20.3 Å². The van der Waals surface area contributed by atoms with Crippen molar-refractivity contribution in [3.05, 3.63) is 60.2 Å². The number of alkyl halides is 3. The number of aromatic nitrogens is 3. The second kappa shape index (κ2) is 11.3. The van der Waals surface area contributed by atoms with Gasteiger partial charge in [-0.2, -0.15) is 13.2 Å².